The first kappa shape index (κ1) is 35.2. The Balaban J connectivity index is 1.44. The summed E-state index contributed by atoms with van der Waals surface area (Å²) in [7, 11) is -4.69. The van der Waals surface area contributed by atoms with Gasteiger partial charge in [0.05, 0.1) is 20.9 Å². The molecule has 0 aliphatic heterocycles. The van der Waals surface area contributed by atoms with E-state index in [1.165, 1.54) is 70.1 Å². The Bertz CT molecular complexity index is 1770. The number of hydrogen-bond acceptors (Lipinski definition) is 8. The van der Waals surface area contributed by atoms with Crippen LogP contribution in [0.15, 0.2) is 117 Å². The monoisotopic (exact) mass is 698 g/mol. The molecule has 0 fully saturated rings. The van der Waals surface area contributed by atoms with E-state index in [-0.39, 0.29) is 33.7 Å². The molecule has 0 heterocycles. The summed E-state index contributed by atoms with van der Waals surface area (Å²) in [6.07, 6.45) is 0. The number of carbonyl (C=O) groups excluding carboxylic acids is 2. The maximum atomic E-state index is 13.2. The van der Waals surface area contributed by atoms with Crippen molar-refractivity contribution in [1.29, 1.82) is 0 Å². The van der Waals surface area contributed by atoms with Crippen molar-refractivity contribution in [2.75, 3.05) is 10.6 Å². The second-order valence-corrected chi connectivity index (χ2v) is 16.3. The molecule has 0 aliphatic carbocycles. The van der Waals surface area contributed by atoms with Crippen molar-refractivity contribution in [1.82, 2.24) is 9.44 Å². The normalized spacial score (nSPS) is 11.9. The van der Waals surface area contributed by atoms with Crippen LogP contribution in [0, 0.1) is 0 Å². The molecule has 0 saturated heterocycles. The van der Waals surface area contributed by atoms with Crippen molar-refractivity contribution in [3.8, 4) is 0 Å². The zero-order chi connectivity index (χ0) is 33.5. The lowest BCUT2D eigenvalue weighted by atomic mass is 10.2. The maximum absolute atomic E-state index is 13.2. The Morgan fingerprint density at radius 2 is 0.848 bits per heavy atom. The average molecular weight is 699 g/mol. The molecule has 0 radical (unpaired) electrons. The summed E-state index contributed by atoms with van der Waals surface area (Å²) in [5.41, 5.74) is 1.68. The Kier molecular flexibility index (Phi) is 11.7. The van der Waals surface area contributed by atoms with Gasteiger partial charge in [-0.15, -0.1) is 0 Å². The summed E-state index contributed by atoms with van der Waals surface area (Å²) in [4.78, 5) is 28.0. The van der Waals surface area contributed by atoms with Gasteiger partial charge in [0.2, 0.25) is 20.0 Å². The van der Waals surface area contributed by atoms with Crippen LogP contribution < -0.4 is 20.1 Å². The summed E-state index contributed by atoms with van der Waals surface area (Å²) in [6, 6.07) is 25.4. The van der Waals surface area contributed by atoms with Crippen molar-refractivity contribution in [2.45, 2.75) is 59.4 Å². The van der Waals surface area contributed by atoms with Crippen LogP contribution in [0.3, 0.4) is 0 Å². The fraction of sp³-hybridized carbons (Fsp3) is 0.188. The van der Waals surface area contributed by atoms with Crippen LogP contribution in [0.25, 0.3) is 0 Å². The van der Waals surface area contributed by atoms with E-state index >= 15 is 0 Å². The third-order valence-corrected chi connectivity index (χ3v) is 11.9. The minimum absolute atomic E-state index is 0.0955. The number of amides is 2. The second kappa shape index (κ2) is 15.3. The van der Waals surface area contributed by atoms with Crippen molar-refractivity contribution >= 4 is 64.8 Å². The molecule has 4 aromatic carbocycles. The third kappa shape index (κ3) is 9.44. The zero-order valence-corrected chi connectivity index (χ0v) is 28.7. The van der Waals surface area contributed by atoms with Gasteiger partial charge in [0.1, 0.15) is 0 Å². The Morgan fingerprint density at radius 3 is 1.17 bits per heavy atom. The van der Waals surface area contributed by atoms with Crippen LogP contribution in [0.4, 0.5) is 11.4 Å². The van der Waals surface area contributed by atoms with Crippen molar-refractivity contribution in [2.24, 2.45) is 0 Å². The molecule has 242 valence electrons. The number of hydrogen-bond donors (Lipinski definition) is 4. The number of nitrogens with one attached hydrogen (secondary N) is 4. The molecule has 4 rings (SSSR count). The summed E-state index contributed by atoms with van der Waals surface area (Å²) >= 11 is 0. The first-order chi connectivity index (χ1) is 21.7. The standard InChI is InChI=1S/C32H34N4O6S4/c1-21(2)35-45(39,40)25-17-13-23(14-18-25)33-31(37)27-9-5-7-11-29(27)43-44-30-12-8-6-10-28(30)32(38)34-24-15-19-26(20-16-24)46(41,42)36-22(3)4/h5-22,35-36H,1-4H3,(H,33,37)(H,34,38). The van der Waals surface area contributed by atoms with Gasteiger partial charge in [0.25, 0.3) is 11.8 Å². The first-order valence-corrected chi connectivity index (χ1v) is 19.3. The molecule has 0 aliphatic rings. The largest absolute Gasteiger partial charge is 0.322 e. The van der Waals surface area contributed by atoms with Crippen molar-refractivity contribution in [3.05, 3.63) is 108 Å². The Morgan fingerprint density at radius 1 is 0.522 bits per heavy atom. The summed E-state index contributed by atoms with van der Waals surface area (Å²) in [5, 5.41) is 5.63. The molecular weight excluding hydrogens is 665 g/mol. The van der Waals surface area contributed by atoms with Gasteiger partial charge in [-0.25, -0.2) is 26.3 Å². The summed E-state index contributed by atoms with van der Waals surface area (Å²) in [6.45, 7) is 6.93. The maximum Gasteiger partial charge on any atom is 0.256 e. The molecule has 10 nitrogen and oxygen atoms in total. The Labute approximate surface area is 277 Å². The van der Waals surface area contributed by atoms with E-state index in [2.05, 4.69) is 20.1 Å². The predicted octanol–water partition coefficient (Wildman–Crippen LogP) is 6.36. The van der Waals surface area contributed by atoms with Crippen LogP contribution in [-0.2, 0) is 20.0 Å². The number of rotatable bonds is 13. The molecule has 0 saturated carbocycles. The van der Waals surface area contributed by atoms with Gasteiger partial charge in [-0.2, -0.15) is 0 Å². The predicted molar refractivity (Wildman–Crippen MR) is 184 cm³/mol. The highest BCUT2D eigenvalue weighted by Crippen LogP contribution is 2.40. The van der Waals surface area contributed by atoms with E-state index < -0.39 is 20.0 Å². The molecule has 46 heavy (non-hydrogen) atoms. The number of benzene rings is 4. The van der Waals surface area contributed by atoms with E-state index in [9.17, 15) is 26.4 Å². The van der Waals surface area contributed by atoms with Gasteiger partial charge < -0.3 is 10.6 Å². The van der Waals surface area contributed by atoms with E-state index in [1.807, 2.05) is 0 Å². The molecule has 4 aromatic rings. The highest BCUT2D eigenvalue weighted by Gasteiger charge is 2.19. The summed E-state index contributed by atoms with van der Waals surface area (Å²) < 4.78 is 54.7. The van der Waals surface area contributed by atoms with Gasteiger partial charge in [0, 0.05) is 33.2 Å². The minimum atomic E-state index is -3.66. The van der Waals surface area contributed by atoms with Gasteiger partial charge >= 0.3 is 0 Å². The van der Waals surface area contributed by atoms with Crippen LogP contribution in [-0.4, -0.2) is 40.7 Å². The van der Waals surface area contributed by atoms with Gasteiger partial charge in [-0.05, 0) is 100 Å². The molecule has 0 bridgehead atoms. The van der Waals surface area contributed by atoms with E-state index in [4.69, 9.17) is 0 Å². The summed E-state index contributed by atoms with van der Waals surface area (Å²) in [5.74, 6) is -0.751. The highest BCUT2D eigenvalue weighted by atomic mass is 33.1. The van der Waals surface area contributed by atoms with Crippen LogP contribution in [0.5, 0.6) is 0 Å². The third-order valence-electron chi connectivity index (χ3n) is 6.11. The number of sulfonamides is 2. The number of anilines is 2. The lowest BCUT2D eigenvalue weighted by Gasteiger charge is -2.13. The minimum Gasteiger partial charge on any atom is -0.322 e. The van der Waals surface area contributed by atoms with E-state index in [0.29, 0.717) is 32.3 Å². The zero-order valence-electron chi connectivity index (χ0n) is 25.5. The second-order valence-electron chi connectivity index (χ2n) is 10.7. The fourth-order valence-electron chi connectivity index (χ4n) is 4.13. The topological polar surface area (TPSA) is 151 Å². The molecule has 0 unspecified atom stereocenters. The van der Waals surface area contributed by atoms with Crippen molar-refractivity contribution < 1.29 is 26.4 Å². The average Bonchev–Trinajstić information content (AvgIpc) is 2.99. The molecule has 0 atom stereocenters. The molecule has 0 spiro atoms. The van der Waals surface area contributed by atoms with Gasteiger partial charge in [0.15, 0.2) is 0 Å². The molecule has 14 heteroatoms. The van der Waals surface area contributed by atoms with Crippen molar-refractivity contribution in [3.63, 3.8) is 0 Å². The molecule has 4 N–H and O–H groups in total. The first-order valence-electron chi connectivity index (χ1n) is 14.2. The van der Waals surface area contributed by atoms with E-state index in [0.717, 1.165) is 0 Å². The Hall–Kier alpha value is -3.66. The van der Waals surface area contributed by atoms with E-state index in [1.54, 1.807) is 76.2 Å². The van der Waals surface area contributed by atoms with Crippen LogP contribution in [0.2, 0.25) is 0 Å². The van der Waals surface area contributed by atoms with Gasteiger partial charge in [-0.3, -0.25) is 9.59 Å². The number of carbonyl (C=O) groups is 2. The van der Waals surface area contributed by atoms with Crippen LogP contribution >= 0.6 is 21.6 Å². The molecular formula is C32H34N4O6S4. The highest BCUT2D eigenvalue weighted by molar-refractivity contribution is 8.76. The smallest absolute Gasteiger partial charge is 0.256 e. The van der Waals surface area contributed by atoms with Crippen LogP contribution in [0.1, 0.15) is 48.4 Å². The quantitative estimate of drug-likeness (QED) is 0.118. The molecule has 0 aromatic heterocycles. The SMILES string of the molecule is CC(C)NS(=O)(=O)c1ccc(NC(=O)c2ccccc2SSc2ccccc2C(=O)Nc2ccc(S(=O)(=O)NC(C)C)cc2)cc1. The molecule has 2 amide bonds. The lowest BCUT2D eigenvalue weighted by molar-refractivity contribution is 0.101. The fourth-order valence-corrected chi connectivity index (χ4v) is 8.99. The lowest BCUT2D eigenvalue weighted by Crippen LogP contribution is -2.30. The van der Waals surface area contributed by atoms with Gasteiger partial charge in [-0.1, -0.05) is 45.9 Å².